The number of methoxy groups -OCH3 is 1. The molecule has 0 aliphatic carbocycles. The van der Waals surface area contributed by atoms with E-state index in [2.05, 4.69) is 0 Å². The van der Waals surface area contributed by atoms with Crippen LogP contribution in [0.3, 0.4) is 0 Å². The molecule has 0 aromatic heterocycles. The Morgan fingerprint density at radius 1 is 0.725 bits per heavy atom. The summed E-state index contributed by atoms with van der Waals surface area (Å²) < 4.78 is 34.6. The van der Waals surface area contributed by atoms with Crippen molar-refractivity contribution in [3.05, 3.63) is 108 Å². The third-order valence-corrected chi connectivity index (χ3v) is 6.83. The highest BCUT2D eigenvalue weighted by Gasteiger charge is 2.50. The molecule has 1 saturated heterocycles. The Hall–Kier alpha value is -2.20. The molecular formula is C30H32Cl3NO6. The van der Waals surface area contributed by atoms with Crippen molar-refractivity contribution in [1.82, 2.24) is 0 Å². The number of alkyl halides is 3. The van der Waals surface area contributed by atoms with E-state index < -0.39 is 40.4 Å². The molecule has 0 spiro atoms. The number of rotatable bonds is 12. The number of nitrogens with one attached hydrogen (secondary N) is 1. The van der Waals surface area contributed by atoms with Gasteiger partial charge in [-0.15, -0.1) is 0 Å². The van der Waals surface area contributed by atoms with E-state index in [4.69, 9.17) is 68.6 Å². The van der Waals surface area contributed by atoms with Crippen molar-refractivity contribution in [2.75, 3.05) is 13.7 Å². The first kappa shape index (κ1) is 30.8. The van der Waals surface area contributed by atoms with Crippen molar-refractivity contribution in [2.24, 2.45) is 0 Å². The molecule has 10 heteroatoms. The van der Waals surface area contributed by atoms with Gasteiger partial charge >= 0.3 is 0 Å². The summed E-state index contributed by atoms with van der Waals surface area (Å²) in [5, 5.41) is 8.15. The largest absolute Gasteiger partial charge is 0.445 e. The van der Waals surface area contributed by atoms with Gasteiger partial charge in [0.25, 0.3) is 3.79 Å². The lowest BCUT2D eigenvalue weighted by molar-refractivity contribution is -0.307. The molecule has 0 radical (unpaired) electrons. The van der Waals surface area contributed by atoms with Gasteiger partial charge in [0.15, 0.2) is 0 Å². The van der Waals surface area contributed by atoms with Crippen LogP contribution in [0.25, 0.3) is 0 Å². The first-order valence-corrected chi connectivity index (χ1v) is 13.9. The summed E-state index contributed by atoms with van der Waals surface area (Å²) in [4.78, 5) is 0. The van der Waals surface area contributed by atoms with Gasteiger partial charge in [0.2, 0.25) is 12.2 Å². The Balaban J connectivity index is 1.59. The van der Waals surface area contributed by atoms with Crippen molar-refractivity contribution in [3.63, 3.8) is 0 Å². The number of benzene rings is 3. The predicted molar refractivity (Wildman–Crippen MR) is 155 cm³/mol. The van der Waals surface area contributed by atoms with Crippen LogP contribution >= 0.6 is 34.8 Å². The van der Waals surface area contributed by atoms with Crippen LogP contribution in [-0.4, -0.2) is 54.1 Å². The Labute approximate surface area is 249 Å². The Morgan fingerprint density at radius 3 is 1.68 bits per heavy atom. The summed E-state index contributed by atoms with van der Waals surface area (Å²) in [6.07, 6.45) is -3.90. The van der Waals surface area contributed by atoms with Crippen LogP contribution in [0.15, 0.2) is 91.0 Å². The monoisotopic (exact) mass is 607 g/mol. The standard InChI is InChI=1S/C30H32Cl3NO6/c1-35-27-26(38-19-23-15-9-4-10-16-23)25(37-18-22-13-7-3-8-14-22)24(20-36-17-21-11-5-2-6-12-21)39-28(27)40-29(34)30(31,32)33/h2-16,24-28,34H,17-20H2,1H3/t24-,25-,26+,27-,28-/m1/s1. The molecule has 1 heterocycles. The lowest BCUT2D eigenvalue weighted by atomic mass is 9.98. The second kappa shape index (κ2) is 15.1. The van der Waals surface area contributed by atoms with Gasteiger partial charge in [0.1, 0.15) is 24.4 Å². The van der Waals surface area contributed by atoms with Gasteiger partial charge in [-0.25, -0.2) is 0 Å². The molecular weight excluding hydrogens is 577 g/mol. The molecule has 3 aromatic carbocycles. The third kappa shape index (κ3) is 8.90. The molecule has 0 unspecified atom stereocenters. The first-order chi connectivity index (χ1) is 19.3. The van der Waals surface area contributed by atoms with Crippen molar-refractivity contribution in [3.8, 4) is 0 Å². The molecule has 40 heavy (non-hydrogen) atoms. The smallest absolute Gasteiger partial charge is 0.265 e. The fraction of sp³-hybridized carbons (Fsp3) is 0.367. The van der Waals surface area contributed by atoms with Gasteiger partial charge in [-0.2, -0.15) is 0 Å². The number of hydrogen-bond donors (Lipinski definition) is 1. The second-order valence-corrected chi connectivity index (χ2v) is 11.5. The third-order valence-electron chi connectivity index (χ3n) is 6.32. The summed E-state index contributed by atoms with van der Waals surface area (Å²) in [7, 11) is 1.50. The van der Waals surface area contributed by atoms with E-state index in [1.807, 2.05) is 91.0 Å². The minimum atomic E-state index is -2.08. The normalized spacial score (nSPS) is 23.1. The minimum Gasteiger partial charge on any atom is -0.445 e. The Bertz CT molecular complexity index is 1170. The Kier molecular flexibility index (Phi) is 11.6. The molecule has 1 aliphatic heterocycles. The van der Waals surface area contributed by atoms with Gasteiger partial charge in [0, 0.05) is 7.11 Å². The lowest BCUT2D eigenvalue weighted by Crippen LogP contribution is -2.62. The zero-order valence-corrected chi connectivity index (χ0v) is 24.2. The topological polar surface area (TPSA) is 79.2 Å². The van der Waals surface area contributed by atoms with Crippen LogP contribution in [0.4, 0.5) is 0 Å². The molecule has 0 saturated carbocycles. The summed E-state index contributed by atoms with van der Waals surface area (Å²) in [6.45, 7) is 1.10. The van der Waals surface area contributed by atoms with Crippen molar-refractivity contribution in [1.29, 1.82) is 5.41 Å². The number of halogens is 3. The highest BCUT2D eigenvalue weighted by molar-refractivity contribution is 6.76. The predicted octanol–water partition coefficient (Wildman–Crippen LogP) is 6.48. The van der Waals surface area contributed by atoms with Crippen molar-refractivity contribution < 1.29 is 28.4 Å². The maximum Gasteiger partial charge on any atom is 0.265 e. The fourth-order valence-electron chi connectivity index (χ4n) is 4.33. The van der Waals surface area contributed by atoms with E-state index in [1.54, 1.807) is 0 Å². The van der Waals surface area contributed by atoms with Crippen LogP contribution in [0.1, 0.15) is 16.7 Å². The highest BCUT2D eigenvalue weighted by atomic mass is 35.6. The molecule has 1 N–H and O–H groups in total. The average molecular weight is 609 g/mol. The average Bonchev–Trinajstić information content (AvgIpc) is 2.96. The quantitative estimate of drug-likeness (QED) is 0.144. The van der Waals surface area contributed by atoms with E-state index in [0.717, 1.165) is 16.7 Å². The van der Waals surface area contributed by atoms with Gasteiger partial charge in [-0.05, 0) is 16.7 Å². The summed E-state index contributed by atoms with van der Waals surface area (Å²) >= 11 is 17.7. The number of hydrogen-bond acceptors (Lipinski definition) is 7. The molecule has 5 atom stereocenters. The fourth-order valence-corrected chi connectivity index (χ4v) is 4.46. The minimum absolute atomic E-state index is 0.150. The van der Waals surface area contributed by atoms with E-state index in [1.165, 1.54) is 7.11 Å². The molecule has 7 nitrogen and oxygen atoms in total. The van der Waals surface area contributed by atoms with Crippen molar-refractivity contribution in [2.45, 2.75) is 54.3 Å². The number of ether oxygens (including phenoxy) is 6. The molecule has 3 aromatic rings. The molecule has 0 amide bonds. The van der Waals surface area contributed by atoms with Gasteiger partial charge in [0.05, 0.1) is 26.4 Å². The molecule has 1 fully saturated rings. The molecule has 4 rings (SSSR count). The lowest BCUT2D eigenvalue weighted by Gasteiger charge is -2.45. The SMILES string of the molecule is CO[C@H]1[C@@H](OC(=N)C(Cl)(Cl)Cl)O[C@H](COCc2ccccc2)[C@@H](OCc2ccccc2)[C@@H]1OCc1ccccc1. The highest BCUT2D eigenvalue weighted by Crippen LogP contribution is 2.34. The van der Waals surface area contributed by atoms with E-state index in [-0.39, 0.29) is 13.2 Å². The van der Waals surface area contributed by atoms with Crippen LogP contribution in [0.2, 0.25) is 0 Å². The van der Waals surface area contributed by atoms with Crippen LogP contribution in [0, 0.1) is 5.41 Å². The maximum absolute atomic E-state index is 8.15. The molecule has 1 aliphatic rings. The van der Waals surface area contributed by atoms with E-state index in [0.29, 0.717) is 13.2 Å². The van der Waals surface area contributed by atoms with Gasteiger partial charge < -0.3 is 28.4 Å². The Morgan fingerprint density at radius 2 is 1.20 bits per heavy atom. The second-order valence-electron chi connectivity index (χ2n) is 9.21. The summed E-state index contributed by atoms with van der Waals surface area (Å²) in [5.74, 6) is -0.598. The zero-order valence-electron chi connectivity index (χ0n) is 22.0. The summed E-state index contributed by atoms with van der Waals surface area (Å²) in [5.41, 5.74) is 2.96. The zero-order chi connectivity index (χ0) is 28.4. The van der Waals surface area contributed by atoms with Gasteiger partial charge in [-0.3, -0.25) is 5.41 Å². The van der Waals surface area contributed by atoms with Gasteiger partial charge in [-0.1, -0.05) is 126 Å². The molecule has 0 bridgehead atoms. The maximum atomic E-state index is 8.15. The van der Waals surface area contributed by atoms with Crippen molar-refractivity contribution >= 4 is 40.7 Å². The van der Waals surface area contributed by atoms with E-state index in [9.17, 15) is 0 Å². The summed E-state index contributed by atoms with van der Waals surface area (Å²) in [6, 6.07) is 29.3. The van der Waals surface area contributed by atoms with E-state index >= 15 is 0 Å². The van der Waals surface area contributed by atoms with Crippen LogP contribution < -0.4 is 0 Å². The first-order valence-electron chi connectivity index (χ1n) is 12.8. The molecule has 214 valence electrons. The van der Waals surface area contributed by atoms with Crippen LogP contribution in [0.5, 0.6) is 0 Å². The van der Waals surface area contributed by atoms with Crippen LogP contribution in [-0.2, 0) is 48.2 Å².